The van der Waals surface area contributed by atoms with Crippen LogP contribution in [0.5, 0.6) is 11.5 Å². The first-order valence-corrected chi connectivity index (χ1v) is 13.8. The Hall–Kier alpha value is -3.27. The number of piperazine rings is 1. The zero-order valence-electron chi connectivity index (χ0n) is 20.8. The van der Waals surface area contributed by atoms with E-state index in [9.17, 15) is 13.2 Å². The molecule has 0 bridgehead atoms. The minimum Gasteiger partial charge on any atom is -0.497 e. The number of ether oxygens (including phenoxy) is 2. The highest BCUT2D eigenvalue weighted by Gasteiger charge is 2.23. The zero-order chi connectivity index (χ0) is 26.4. The van der Waals surface area contributed by atoms with Crippen molar-refractivity contribution in [3.8, 4) is 11.5 Å². The van der Waals surface area contributed by atoms with E-state index < -0.39 is 16.1 Å². The van der Waals surface area contributed by atoms with Gasteiger partial charge in [-0.15, -0.1) is 0 Å². The summed E-state index contributed by atoms with van der Waals surface area (Å²) in [6.07, 6.45) is 0. The van der Waals surface area contributed by atoms with Gasteiger partial charge in [-0.25, -0.2) is 13.1 Å². The minimum atomic E-state index is -3.80. The SMILES string of the molecule is COc1ccc(N2CCN(C(=O)COc3ccc(S(=O)(=O)NC(C)c4ccccc4)cc3Cl)CC2)cc1. The Morgan fingerprint density at radius 1 is 1.00 bits per heavy atom. The number of hydrogen-bond donors (Lipinski definition) is 1. The fourth-order valence-corrected chi connectivity index (χ4v) is 5.67. The molecule has 4 rings (SSSR count). The molecule has 1 unspecified atom stereocenters. The molecule has 1 atom stereocenters. The van der Waals surface area contributed by atoms with Gasteiger partial charge in [0.15, 0.2) is 6.61 Å². The number of rotatable bonds is 9. The Balaban J connectivity index is 1.30. The number of halogens is 1. The zero-order valence-corrected chi connectivity index (χ0v) is 22.3. The van der Waals surface area contributed by atoms with Gasteiger partial charge in [-0.3, -0.25) is 4.79 Å². The average molecular weight is 544 g/mol. The maximum atomic E-state index is 12.8. The quantitative estimate of drug-likeness (QED) is 0.437. The number of anilines is 1. The summed E-state index contributed by atoms with van der Waals surface area (Å²) in [7, 11) is -2.17. The van der Waals surface area contributed by atoms with Crippen LogP contribution in [-0.2, 0) is 14.8 Å². The molecule has 10 heteroatoms. The lowest BCUT2D eigenvalue weighted by Gasteiger charge is -2.36. The molecule has 196 valence electrons. The van der Waals surface area contributed by atoms with E-state index in [1.165, 1.54) is 18.2 Å². The van der Waals surface area contributed by atoms with Crippen molar-refractivity contribution in [3.05, 3.63) is 83.4 Å². The van der Waals surface area contributed by atoms with Crippen molar-refractivity contribution in [1.29, 1.82) is 0 Å². The molecule has 37 heavy (non-hydrogen) atoms. The minimum absolute atomic E-state index is 0.0219. The maximum absolute atomic E-state index is 12.8. The number of carbonyl (C=O) groups excluding carboxylic acids is 1. The molecule has 1 heterocycles. The van der Waals surface area contributed by atoms with Gasteiger partial charge in [0.25, 0.3) is 5.91 Å². The number of methoxy groups -OCH3 is 1. The van der Waals surface area contributed by atoms with Gasteiger partial charge < -0.3 is 19.3 Å². The number of sulfonamides is 1. The summed E-state index contributed by atoms with van der Waals surface area (Å²) < 4.78 is 39.2. The predicted octanol–water partition coefficient (Wildman–Crippen LogP) is 4.12. The van der Waals surface area contributed by atoms with Gasteiger partial charge in [0.1, 0.15) is 11.5 Å². The number of amides is 1. The number of hydrogen-bond acceptors (Lipinski definition) is 6. The van der Waals surface area contributed by atoms with E-state index in [1.54, 1.807) is 18.9 Å². The second-order valence-corrected chi connectivity index (χ2v) is 10.8. The molecule has 0 aliphatic carbocycles. The molecular formula is C27H30ClN3O5S. The van der Waals surface area contributed by atoms with Crippen LogP contribution in [0.4, 0.5) is 5.69 Å². The first kappa shape index (κ1) is 26.8. The lowest BCUT2D eigenvalue weighted by atomic mass is 10.1. The molecular weight excluding hydrogens is 514 g/mol. The summed E-state index contributed by atoms with van der Waals surface area (Å²) in [6.45, 7) is 4.15. The third-order valence-electron chi connectivity index (χ3n) is 6.27. The maximum Gasteiger partial charge on any atom is 0.260 e. The van der Waals surface area contributed by atoms with Gasteiger partial charge >= 0.3 is 0 Å². The Morgan fingerprint density at radius 2 is 1.68 bits per heavy atom. The van der Waals surface area contributed by atoms with Crippen molar-refractivity contribution in [2.75, 3.05) is 44.8 Å². The highest BCUT2D eigenvalue weighted by molar-refractivity contribution is 7.89. The molecule has 1 amide bonds. The lowest BCUT2D eigenvalue weighted by Crippen LogP contribution is -2.50. The summed E-state index contributed by atoms with van der Waals surface area (Å²) in [4.78, 5) is 16.7. The monoisotopic (exact) mass is 543 g/mol. The van der Waals surface area contributed by atoms with Crippen molar-refractivity contribution < 1.29 is 22.7 Å². The van der Waals surface area contributed by atoms with Crippen LogP contribution < -0.4 is 19.1 Å². The summed E-state index contributed by atoms with van der Waals surface area (Å²) in [6, 6.07) is 20.9. The lowest BCUT2D eigenvalue weighted by molar-refractivity contribution is -0.133. The highest BCUT2D eigenvalue weighted by atomic mass is 35.5. The van der Waals surface area contributed by atoms with Crippen LogP contribution in [0.25, 0.3) is 0 Å². The van der Waals surface area contributed by atoms with E-state index in [1.807, 2.05) is 54.6 Å². The van der Waals surface area contributed by atoms with Gasteiger partial charge in [-0.1, -0.05) is 41.9 Å². The fourth-order valence-electron chi connectivity index (χ4n) is 4.11. The second-order valence-electron chi connectivity index (χ2n) is 8.70. The molecule has 3 aromatic rings. The molecule has 1 aliphatic rings. The molecule has 0 spiro atoms. The van der Waals surface area contributed by atoms with Crippen LogP contribution in [0.2, 0.25) is 5.02 Å². The van der Waals surface area contributed by atoms with E-state index in [0.29, 0.717) is 26.2 Å². The van der Waals surface area contributed by atoms with Crippen LogP contribution in [0, 0.1) is 0 Å². The van der Waals surface area contributed by atoms with Crippen LogP contribution >= 0.6 is 11.6 Å². The molecule has 3 aromatic carbocycles. The van der Waals surface area contributed by atoms with Crippen molar-refractivity contribution in [1.82, 2.24) is 9.62 Å². The average Bonchev–Trinajstić information content (AvgIpc) is 2.92. The standard InChI is InChI=1S/C27H30ClN3O5S/c1-20(21-6-4-3-5-7-21)29-37(33,34)24-12-13-26(25(28)18-24)36-19-27(32)31-16-14-30(15-17-31)22-8-10-23(35-2)11-9-22/h3-13,18,20,29H,14-17,19H2,1-2H3. The molecule has 1 fully saturated rings. The normalized spacial score (nSPS) is 14.8. The smallest absolute Gasteiger partial charge is 0.260 e. The van der Waals surface area contributed by atoms with E-state index >= 15 is 0 Å². The van der Waals surface area contributed by atoms with Gasteiger partial charge in [-0.2, -0.15) is 0 Å². The van der Waals surface area contributed by atoms with E-state index in [2.05, 4.69) is 9.62 Å². The summed E-state index contributed by atoms with van der Waals surface area (Å²) in [5.74, 6) is 0.902. The number of benzene rings is 3. The third-order valence-corrected chi connectivity index (χ3v) is 8.10. The van der Waals surface area contributed by atoms with Gasteiger partial charge in [0.05, 0.1) is 17.0 Å². The number of nitrogens with one attached hydrogen (secondary N) is 1. The molecule has 0 aromatic heterocycles. The van der Waals surface area contributed by atoms with Crippen LogP contribution in [0.3, 0.4) is 0 Å². The summed E-state index contributed by atoms with van der Waals surface area (Å²) >= 11 is 6.31. The second kappa shape index (κ2) is 11.9. The molecule has 0 saturated carbocycles. The largest absolute Gasteiger partial charge is 0.497 e. The van der Waals surface area contributed by atoms with Crippen LogP contribution in [0.15, 0.2) is 77.7 Å². The van der Waals surface area contributed by atoms with E-state index in [0.717, 1.165) is 17.0 Å². The Kier molecular flexibility index (Phi) is 8.58. The molecule has 0 radical (unpaired) electrons. The number of nitrogens with zero attached hydrogens (tertiary/aromatic N) is 2. The first-order chi connectivity index (χ1) is 17.8. The topological polar surface area (TPSA) is 88.2 Å². The van der Waals surface area contributed by atoms with Crippen molar-refractivity contribution in [3.63, 3.8) is 0 Å². The van der Waals surface area contributed by atoms with Crippen LogP contribution in [0.1, 0.15) is 18.5 Å². The third kappa shape index (κ3) is 6.74. The molecule has 1 aliphatic heterocycles. The first-order valence-electron chi connectivity index (χ1n) is 11.9. The fraction of sp³-hybridized carbons (Fsp3) is 0.296. The molecule has 8 nitrogen and oxygen atoms in total. The van der Waals surface area contributed by atoms with Crippen LogP contribution in [-0.4, -0.2) is 59.1 Å². The van der Waals surface area contributed by atoms with Gasteiger partial charge in [-0.05, 0) is 55.0 Å². The highest BCUT2D eigenvalue weighted by Crippen LogP contribution is 2.28. The van der Waals surface area contributed by atoms with Crippen molar-refractivity contribution >= 4 is 33.2 Å². The summed E-state index contributed by atoms with van der Waals surface area (Å²) in [5, 5.41) is 0.118. The molecule has 1 saturated heterocycles. The number of carbonyl (C=O) groups is 1. The Labute approximate surface area is 222 Å². The molecule has 1 N–H and O–H groups in total. The van der Waals surface area contributed by atoms with Gasteiger partial charge in [0, 0.05) is 37.9 Å². The van der Waals surface area contributed by atoms with Crippen molar-refractivity contribution in [2.45, 2.75) is 17.9 Å². The Bertz CT molecular complexity index is 1310. The Morgan fingerprint density at radius 3 is 2.30 bits per heavy atom. The van der Waals surface area contributed by atoms with Gasteiger partial charge in [0.2, 0.25) is 10.0 Å². The predicted molar refractivity (Wildman–Crippen MR) is 144 cm³/mol. The van der Waals surface area contributed by atoms with E-state index in [4.69, 9.17) is 21.1 Å². The van der Waals surface area contributed by atoms with E-state index in [-0.39, 0.29) is 28.2 Å². The van der Waals surface area contributed by atoms with Crippen molar-refractivity contribution in [2.24, 2.45) is 0 Å². The summed E-state index contributed by atoms with van der Waals surface area (Å²) in [5.41, 5.74) is 1.93.